The molecule has 2 aromatic rings. The summed E-state index contributed by atoms with van der Waals surface area (Å²) in [6, 6.07) is 11.8. The van der Waals surface area contributed by atoms with Crippen LogP contribution in [0.1, 0.15) is 68.0 Å². The van der Waals surface area contributed by atoms with Crippen LogP contribution in [0.2, 0.25) is 0 Å². The van der Waals surface area contributed by atoms with Crippen molar-refractivity contribution in [3.8, 4) is 0 Å². The predicted molar refractivity (Wildman–Crippen MR) is 105 cm³/mol. The van der Waals surface area contributed by atoms with Gasteiger partial charge in [-0.15, -0.1) is 0 Å². The number of nitrogens with one attached hydrogen (secondary N) is 2. The van der Waals surface area contributed by atoms with E-state index in [0.29, 0.717) is 11.8 Å². The van der Waals surface area contributed by atoms with Gasteiger partial charge in [0.1, 0.15) is 0 Å². The third kappa shape index (κ3) is 5.46. The second-order valence-corrected chi connectivity index (χ2v) is 7.46. The van der Waals surface area contributed by atoms with Gasteiger partial charge in [-0.05, 0) is 43.0 Å². The van der Waals surface area contributed by atoms with Gasteiger partial charge in [0.05, 0.1) is 6.26 Å². The molecule has 1 aliphatic rings. The Balaban J connectivity index is 1.53. The number of carbonyl (C=O) groups excluding carboxylic acids is 1. The summed E-state index contributed by atoms with van der Waals surface area (Å²) in [5.74, 6) is 0.970. The van der Waals surface area contributed by atoms with Gasteiger partial charge in [0.2, 0.25) is 0 Å². The number of para-hydroxylation sites is 1. The molecule has 0 saturated heterocycles. The van der Waals surface area contributed by atoms with Crippen molar-refractivity contribution in [1.82, 2.24) is 5.32 Å². The Morgan fingerprint density at radius 1 is 1.12 bits per heavy atom. The van der Waals surface area contributed by atoms with Crippen LogP contribution in [0.4, 0.5) is 5.69 Å². The summed E-state index contributed by atoms with van der Waals surface area (Å²) in [6.45, 7) is 3.03. The average molecular weight is 354 g/mol. The third-order valence-corrected chi connectivity index (χ3v) is 5.31. The molecule has 1 saturated carbocycles. The Bertz CT molecular complexity index is 673. The number of carbonyl (C=O) groups is 1. The highest BCUT2D eigenvalue weighted by molar-refractivity contribution is 6.02. The summed E-state index contributed by atoms with van der Waals surface area (Å²) >= 11 is 0. The molecule has 1 heterocycles. The number of rotatable bonds is 7. The lowest BCUT2D eigenvalue weighted by atomic mass is 9.93. The van der Waals surface area contributed by atoms with Crippen LogP contribution in [0.15, 0.2) is 47.1 Å². The Labute approximate surface area is 156 Å². The summed E-state index contributed by atoms with van der Waals surface area (Å²) in [7, 11) is 0. The quantitative estimate of drug-likeness (QED) is 0.657. The van der Waals surface area contributed by atoms with Crippen molar-refractivity contribution in [2.45, 2.75) is 64.5 Å². The van der Waals surface area contributed by atoms with E-state index >= 15 is 0 Å². The molecular weight excluding hydrogens is 324 g/mol. The van der Waals surface area contributed by atoms with Gasteiger partial charge in [-0.2, -0.15) is 0 Å². The molecule has 0 spiro atoms. The Morgan fingerprint density at radius 3 is 2.62 bits per heavy atom. The number of furan rings is 1. The zero-order chi connectivity index (χ0) is 18.2. The highest BCUT2D eigenvalue weighted by atomic mass is 16.3. The number of benzene rings is 1. The molecule has 1 amide bonds. The molecule has 2 N–H and O–H groups in total. The minimum Gasteiger partial charge on any atom is -0.459 e. The zero-order valence-corrected chi connectivity index (χ0v) is 15.7. The fraction of sp³-hybridized carbons (Fsp3) is 0.500. The van der Waals surface area contributed by atoms with E-state index in [2.05, 4.69) is 23.6 Å². The molecular formula is C22H30N2O2. The minimum absolute atomic E-state index is 0.214. The van der Waals surface area contributed by atoms with Crippen LogP contribution in [0.25, 0.3) is 0 Å². The monoisotopic (exact) mass is 354 g/mol. The summed E-state index contributed by atoms with van der Waals surface area (Å²) in [4.78, 5) is 12.2. The van der Waals surface area contributed by atoms with Crippen LogP contribution in [0, 0.1) is 5.92 Å². The SMILES string of the molecule is C[C@@H](CC1CCCCCC1)NCc1ccccc1NC(=O)c1ccco1. The molecule has 1 atom stereocenters. The Morgan fingerprint density at radius 2 is 1.88 bits per heavy atom. The van der Waals surface area contributed by atoms with Gasteiger partial charge in [-0.25, -0.2) is 0 Å². The van der Waals surface area contributed by atoms with Crippen LogP contribution in [-0.2, 0) is 6.54 Å². The van der Waals surface area contributed by atoms with Crippen LogP contribution in [0.5, 0.6) is 0 Å². The van der Waals surface area contributed by atoms with E-state index in [9.17, 15) is 4.79 Å². The zero-order valence-electron chi connectivity index (χ0n) is 15.7. The van der Waals surface area contributed by atoms with Crippen molar-refractivity contribution in [1.29, 1.82) is 0 Å². The largest absolute Gasteiger partial charge is 0.459 e. The lowest BCUT2D eigenvalue weighted by Crippen LogP contribution is -2.28. The Hall–Kier alpha value is -2.07. The standard InChI is InChI=1S/C22H30N2O2/c1-17(15-18-9-4-2-3-5-10-18)23-16-19-11-6-7-12-20(19)24-22(25)21-13-8-14-26-21/h6-8,11-14,17-18,23H,2-5,9-10,15-16H2,1H3,(H,24,25)/t17-/m0/s1. The maximum Gasteiger partial charge on any atom is 0.291 e. The molecule has 1 aromatic heterocycles. The maximum atomic E-state index is 12.2. The first-order valence-electron chi connectivity index (χ1n) is 9.88. The summed E-state index contributed by atoms with van der Waals surface area (Å²) in [6.07, 6.45) is 11.1. The van der Waals surface area contributed by atoms with Gasteiger partial charge in [0.25, 0.3) is 5.91 Å². The molecule has 140 valence electrons. The van der Waals surface area contributed by atoms with Gasteiger partial charge >= 0.3 is 0 Å². The van der Waals surface area contributed by atoms with Crippen molar-refractivity contribution in [2.75, 3.05) is 5.32 Å². The molecule has 4 heteroatoms. The molecule has 26 heavy (non-hydrogen) atoms. The molecule has 0 aliphatic heterocycles. The van der Waals surface area contributed by atoms with Crippen LogP contribution in [-0.4, -0.2) is 11.9 Å². The molecule has 0 unspecified atom stereocenters. The second kappa shape index (κ2) is 9.58. The van der Waals surface area contributed by atoms with Crippen LogP contribution >= 0.6 is 0 Å². The normalized spacial score (nSPS) is 16.8. The van der Waals surface area contributed by atoms with E-state index in [0.717, 1.165) is 23.7 Å². The van der Waals surface area contributed by atoms with Gasteiger partial charge in [0, 0.05) is 18.3 Å². The lowest BCUT2D eigenvalue weighted by molar-refractivity contribution is 0.0996. The Kier molecular flexibility index (Phi) is 6.89. The van der Waals surface area contributed by atoms with E-state index in [1.807, 2.05) is 18.2 Å². The van der Waals surface area contributed by atoms with E-state index in [1.54, 1.807) is 12.1 Å². The van der Waals surface area contributed by atoms with Crippen LogP contribution < -0.4 is 10.6 Å². The van der Waals surface area contributed by atoms with Crippen molar-refractivity contribution in [3.05, 3.63) is 54.0 Å². The molecule has 1 fully saturated rings. The molecule has 1 aliphatic carbocycles. The molecule has 0 radical (unpaired) electrons. The third-order valence-electron chi connectivity index (χ3n) is 5.31. The fourth-order valence-electron chi connectivity index (χ4n) is 3.86. The highest BCUT2D eigenvalue weighted by Gasteiger charge is 2.16. The number of anilines is 1. The first kappa shape index (κ1) is 18.7. The van der Waals surface area contributed by atoms with Crippen LogP contribution in [0.3, 0.4) is 0 Å². The fourth-order valence-corrected chi connectivity index (χ4v) is 3.86. The van der Waals surface area contributed by atoms with Gasteiger partial charge < -0.3 is 15.1 Å². The smallest absolute Gasteiger partial charge is 0.291 e. The van der Waals surface area contributed by atoms with Crippen molar-refractivity contribution in [2.24, 2.45) is 5.92 Å². The number of amides is 1. The first-order chi connectivity index (χ1) is 12.7. The van der Waals surface area contributed by atoms with E-state index in [4.69, 9.17) is 4.42 Å². The van der Waals surface area contributed by atoms with Crippen molar-refractivity contribution >= 4 is 11.6 Å². The molecule has 0 bridgehead atoms. The first-order valence-corrected chi connectivity index (χ1v) is 9.88. The number of hydrogen-bond acceptors (Lipinski definition) is 3. The molecule has 3 rings (SSSR count). The minimum atomic E-state index is -0.214. The topological polar surface area (TPSA) is 54.3 Å². The van der Waals surface area contributed by atoms with E-state index < -0.39 is 0 Å². The summed E-state index contributed by atoms with van der Waals surface area (Å²) in [5, 5.41) is 6.59. The van der Waals surface area contributed by atoms with Gasteiger partial charge in [0.15, 0.2) is 5.76 Å². The maximum absolute atomic E-state index is 12.2. The lowest BCUT2D eigenvalue weighted by Gasteiger charge is -2.21. The average Bonchev–Trinajstić information content (AvgIpc) is 3.07. The molecule has 4 nitrogen and oxygen atoms in total. The van der Waals surface area contributed by atoms with E-state index in [-0.39, 0.29) is 5.91 Å². The van der Waals surface area contributed by atoms with Crippen molar-refractivity contribution < 1.29 is 9.21 Å². The number of hydrogen-bond donors (Lipinski definition) is 2. The summed E-state index contributed by atoms with van der Waals surface area (Å²) < 4.78 is 5.17. The molecule has 1 aromatic carbocycles. The summed E-state index contributed by atoms with van der Waals surface area (Å²) in [5.41, 5.74) is 1.93. The highest BCUT2D eigenvalue weighted by Crippen LogP contribution is 2.26. The predicted octanol–water partition coefficient (Wildman–Crippen LogP) is 5.37. The second-order valence-electron chi connectivity index (χ2n) is 7.46. The van der Waals surface area contributed by atoms with Crippen molar-refractivity contribution in [3.63, 3.8) is 0 Å². The van der Waals surface area contributed by atoms with E-state index in [1.165, 1.54) is 51.2 Å². The van der Waals surface area contributed by atoms with Gasteiger partial charge in [-0.1, -0.05) is 56.7 Å². The van der Waals surface area contributed by atoms with Gasteiger partial charge in [-0.3, -0.25) is 4.79 Å².